The zero-order valence-corrected chi connectivity index (χ0v) is 20.0. The molecule has 0 saturated carbocycles. The molecule has 0 unspecified atom stereocenters. The van der Waals surface area contributed by atoms with Crippen LogP contribution in [0.1, 0.15) is 36.7 Å². The maximum Gasteiger partial charge on any atom is 0.196 e. The predicted octanol–water partition coefficient (Wildman–Crippen LogP) is 5.61. The fraction of sp³-hybridized carbons (Fsp3) is 0.231. The van der Waals surface area contributed by atoms with E-state index >= 15 is 0 Å². The molecule has 0 fully saturated rings. The fourth-order valence-corrected chi connectivity index (χ4v) is 4.23. The lowest BCUT2D eigenvalue weighted by molar-refractivity contribution is 0.102. The van der Waals surface area contributed by atoms with Crippen molar-refractivity contribution >= 4 is 17.5 Å². The van der Waals surface area contributed by atoms with Gasteiger partial charge in [-0.05, 0) is 47.4 Å². The van der Waals surface area contributed by atoms with Crippen molar-refractivity contribution in [3.8, 4) is 22.8 Å². The van der Waals surface area contributed by atoms with Crippen molar-refractivity contribution in [3.05, 3.63) is 84.2 Å². The number of Topliss-reactive ketones (excluding diaryl/α,β-unsaturated/α-hetero) is 1. The number of aromatic nitrogens is 4. The lowest BCUT2D eigenvalue weighted by Gasteiger charge is -2.18. The van der Waals surface area contributed by atoms with Crippen molar-refractivity contribution in [1.82, 2.24) is 19.7 Å². The van der Waals surface area contributed by atoms with Crippen LogP contribution in [0, 0.1) is 0 Å². The fourth-order valence-electron chi connectivity index (χ4n) is 3.38. The van der Waals surface area contributed by atoms with Crippen LogP contribution in [-0.4, -0.2) is 38.4 Å². The Bertz CT molecular complexity index is 1230. The summed E-state index contributed by atoms with van der Waals surface area (Å²) >= 11 is 1.37. The number of hydrogen-bond acceptors (Lipinski definition) is 6. The molecule has 0 bridgehead atoms. The van der Waals surface area contributed by atoms with Gasteiger partial charge in [-0.1, -0.05) is 56.8 Å². The lowest BCUT2D eigenvalue weighted by Crippen LogP contribution is -2.11. The molecule has 2 aromatic carbocycles. The number of benzene rings is 2. The molecule has 0 spiro atoms. The van der Waals surface area contributed by atoms with E-state index in [4.69, 9.17) is 4.74 Å². The number of rotatable bonds is 7. The molecule has 0 N–H and O–H groups in total. The third kappa shape index (κ3) is 5.14. The highest BCUT2D eigenvalue weighted by atomic mass is 32.2. The Kier molecular flexibility index (Phi) is 6.60. The summed E-state index contributed by atoms with van der Waals surface area (Å²) < 4.78 is 7.24. The van der Waals surface area contributed by atoms with Gasteiger partial charge in [0, 0.05) is 29.2 Å². The Morgan fingerprint density at radius 2 is 1.61 bits per heavy atom. The van der Waals surface area contributed by atoms with Gasteiger partial charge in [0.25, 0.3) is 0 Å². The van der Waals surface area contributed by atoms with Crippen LogP contribution >= 0.6 is 11.8 Å². The van der Waals surface area contributed by atoms with Crippen molar-refractivity contribution in [2.45, 2.75) is 31.3 Å². The van der Waals surface area contributed by atoms with Crippen LogP contribution in [-0.2, 0) is 5.41 Å². The van der Waals surface area contributed by atoms with Crippen molar-refractivity contribution in [3.63, 3.8) is 0 Å². The normalized spacial score (nSPS) is 11.4. The Balaban J connectivity index is 1.61. The van der Waals surface area contributed by atoms with E-state index in [0.717, 1.165) is 17.0 Å². The van der Waals surface area contributed by atoms with Crippen molar-refractivity contribution in [2.75, 3.05) is 12.9 Å². The third-order valence-electron chi connectivity index (χ3n) is 5.31. The largest absolute Gasteiger partial charge is 0.497 e. The van der Waals surface area contributed by atoms with Gasteiger partial charge in [0.2, 0.25) is 0 Å². The number of ether oxygens (including phenoxy) is 1. The van der Waals surface area contributed by atoms with Gasteiger partial charge in [0.15, 0.2) is 16.8 Å². The zero-order chi connectivity index (χ0) is 23.4. The molecular formula is C26H26N4O2S. The maximum absolute atomic E-state index is 12.9. The maximum atomic E-state index is 12.9. The molecule has 0 aliphatic rings. The Labute approximate surface area is 198 Å². The molecule has 33 heavy (non-hydrogen) atoms. The van der Waals surface area contributed by atoms with Gasteiger partial charge >= 0.3 is 0 Å². The minimum absolute atomic E-state index is 0.0501. The Hall–Kier alpha value is -3.45. The summed E-state index contributed by atoms with van der Waals surface area (Å²) in [6.45, 7) is 6.48. The third-order valence-corrected chi connectivity index (χ3v) is 6.24. The summed E-state index contributed by atoms with van der Waals surface area (Å²) in [7, 11) is 1.64. The van der Waals surface area contributed by atoms with Gasteiger partial charge in [0.1, 0.15) is 5.75 Å². The van der Waals surface area contributed by atoms with E-state index in [1.807, 2.05) is 65.2 Å². The highest BCUT2D eigenvalue weighted by molar-refractivity contribution is 7.99. The van der Waals surface area contributed by atoms with Crippen LogP contribution in [0.15, 0.2) is 78.2 Å². The zero-order valence-electron chi connectivity index (χ0n) is 19.1. The number of carbonyl (C=O) groups excluding carboxylic acids is 1. The number of nitrogens with zero attached hydrogens (tertiary/aromatic N) is 4. The standard InChI is InChI=1S/C26H26N4O2S/c1-26(2,3)20-7-5-18(6-8-20)23(31)17-33-25-29-28-24(19-13-15-27-16-14-19)30(25)21-9-11-22(32-4)12-10-21/h5-16H,17H2,1-4H3. The molecule has 0 saturated heterocycles. The average molecular weight is 459 g/mol. The second kappa shape index (κ2) is 9.58. The van der Waals surface area contributed by atoms with E-state index in [1.54, 1.807) is 19.5 Å². The van der Waals surface area contributed by atoms with Crippen LogP contribution in [0.2, 0.25) is 0 Å². The topological polar surface area (TPSA) is 69.9 Å². The molecule has 7 heteroatoms. The smallest absolute Gasteiger partial charge is 0.196 e. The highest BCUT2D eigenvalue weighted by Crippen LogP contribution is 2.29. The van der Waals surface area contributed by atoms with Crippen LogP contribution < -0.4 is 4.74 Å². The second-order valence-electron chi connectivity index (χ2n) is 8.61. The van der Waals surface area contributed by atoms with Crippen molar-refractivity contribution < 1.29 is 9.53 Å². The van der Waals surface area contributed by atoms with Gasteiger partial charge in [-0.25, -0.2) is 0 Å². The van der Waals surface area contributed by atoms with Crippen molar-refractivity contribution in [2.24, 2.45) is 0 Å². The number of hydrogen-bond donors (Lipinski definition) is 0. The molecule has 6 nitrogen and oxygen atoms in total. The number of thioether (sulfide) groups is 1. The first kappa shape index (κ1) is 22.7. The minimum Gasteiger partial charge on any atom is -0.497 e. The quantitative estimate of drug-likeness (QED) is 0.265. The minimum atomic E-state index is 0.0501. The van der Waals surface area contributed by atoms with Gasteiger partial charge in [0.05, 0.1) is 12.9 Å². The summed E-state index contributed by atoms with van der Waals surface area (Å²) in [6.07, 6.45) is 3.44. The molecule has 168 valence electrons. The molecule has 2 heterocycles. The second-order valence-corrected chi connectivity index (χ2v) is 9.56. The molecular weight excluding hydrogens is 432 g/mol. The van der Waals surface area contributed by atoms with E-state index in [1.165, 1.54) is 17.3 Å². The van der Waals surface area contributed by atoms with E-state index in [2.05, 4.69) is 36.0 Å². The monoisotopic (exact) mass is 458 g/mol. The predicted molar refractivity (Wildman–Crippen MR) is 131 cm³/mol. The van der Waals surface area contributed by atoms with Crippen LogP contribution in [0.3, 0.4) is 0 Å². The van der Waals surface area contributed by atoms with E-state index in [-0.39, 0.29) is 17.0 Å². The lowest BCUT2D eigenvalue weighted by atomic mass is 9.86. The van der Waals surface area contributed by atoms with Gasteiger partial charge in [-0.2, -0.15) is 0 Å². The van der Waals surface area contributed by atoms with Crippen LogP contribution in [0.4, 0.5) is 0 Å². The molecule has 0 aliphatic carbocycles. The van der Waals surface area contributed by atoms with Gasteiger partial charge < -0.3 is 4.74 Å². The van der Waals surface area contributed by atoms with Gasteiger partial charge in [-0.3, -0.25) is 14.3 Å². The molecule has 0 radical (unpaired) electrons. The van der Waals surface area contributed by atoms with E-state index in [0.29, 0.717) is 16.5 Å². The first-order chi connectivity index (χ1) is 15.9. The summed E-state index contributed by atoms with van der Waals surface area (Å²) in [4.78, 5) is 17.0. The van der Waals surface area contributed by atoms with E-state index < -0.39 is 0 Å². The number of pyridine rings is 1. The van der Waals surface area contributed by atoms with Crippen LogP contribution in [0.25, 0.3) is 17.1 Å². The molecule has 0 aliphatic heterocycles. The van der Waals surface area contributed by atoms with E-state index in [9.17, 15) is 4.79 Å². The number of ketones is 1. The summed E-state index contributed by atoms with van der Waals surface area (Å²) in [6, 6.07) is 19.3. The summed E-state index contributed by atoms with van der Waals surface area (Å²) in [5.74, 6) is 1.77. The molecule has 4 rings (SSSR count). The molecule has 4 aromatic rings. The SMILES string of the molecule is COc1ccc(-n2c(SCC(=O)c3ccc(C(C)(C)C)cc3)nnc2-c2ccncc2)cc1. The highest BCUT2D eigenvalue weighted by Gasteiger charge is 2.19. The number of carbonyl (C=O) groups is 1. The molecule has 0 atom stereocenters. The Morgan fingerprint density at radius 3 is 2.21 bits per heavy atom. The van der Waals surface area contributed by atoms with Gasteiger partial charge in [-0.15, -0.1) is 10.2 Å². The van der Waals surface area contributed by atoms with Crippen molar-refractivity contribution in [1.29, 1.82) is 0 Å². The molecule has 2 aromatic heterocycles. The average Bonchev–Trinajstić information content (AvgIpc) is 3.26. The Morgan fingerprint density at radius 1 is 0.939 bits per heavy atom. The first-order valence-corrected chi connectivity index (χ1v) is 11.6. The summed E-state index contributed by atoms with van der Waals surface area (Å²) in [5, 5.41) is 9.46. The summed E-state index contributed by atoms with van der Waals surface area (Å²) in [5.41, 5.74) is 3.73. The van der Waals surface area contributed by atoms with Crippen LogP contribution in [0.5, 0.6) is 5.75 Å². The number of methoxy groups -OCH3 is 1. The first-order valence-electron chi connectivity index (χ1n) is 10.6. The molecule has 0 amide bonds.